The SMILES string of the molecule is COc1ccc(Cn2ncc(C)c2NC(=O)C(C)CN)cc1OC. The van der Waals surface area contributed by atoms with E-state index in [1.807, 2.05) is 25.1 Å². The fourth-order valence-electron chi connectivity index (χ4n) is 2.26. The fraction of sp³-hybridized carbons (Fsp3) is 0.412. The predicted molar refractivity (Wildman–Crippen MR) is 92.5 cm³/mol. The van der Waals surface area contributed by atoms with Gasteiger partial charge in [-0.3, -0.25) is 4.79 Å². The van der Waals surface area contributed by atoms with Crippen molar-refractivity contribution in [2.45, 2.75) is 20.4 Å². The Balaban J connectivity index is 2.23. The van der Waals surface area contributed by atoms with Gasteiger partial charge in [-0.1, -0.05) is 13.0 Å². The van der Waals surface area contributed by atoms with Gasteiger partial charge in [0.05, 0.1) is 27.0 Å². The summed E-state index contributed by atoms with van der Waals surface area (Å²) in [5.74, 6) is 1.63. The number of carbonyl (C=O) groups excluding carboxylic acids is 1. The van der Waals surface area contributed by atoms with Crippen molar-refractivity contribution in [3.8, 4) is 11.5 Å². The summed E-state index contributed by atoms with van der Waals surface area (Å²) in [7, 11) is 3.19. The minimum atomic E-state index is -0.256. The number of ether oxygens (including phenoxy) is 2. The molecule has 0 aliphatic carbocycles. The Hall–Kier alpha value is -2.54. The van der Waals surface area contributed by atoms with Crippen LogP contribution in [0.3, 0.4) is 0 Å². The monoisotopic (exact) mass is 332 g/mol. The molecule has 7 heteroatoms. The molecule has 24 heavy (non-hydrogen) atoms. The average molecular weight is 332 g/mol. The molecule has 1 amide bonds. The van der Waals surface area contributed by atoms with Gasteiger partial charge in [0.1, 0.15) is 5.82 Å². The highest BCUT2D eigenvalue weighted by atomic mass is 16.5. The van der Waals surface area contributed by atoms with E-state index in [-0.39, 0.29) is 11.8 Å². The van der Waals surface area contributed by atoms with Gasteiger partial charge in [0.25, 0.3) is 0 Å². The summed E-state index contributed by atoms with van der Waals surface area (Å²) in [5, 5.41) is 7.25. The summed E-state index contributed by atoms with van der Waals surface area (Å²) in [6.07, 6.45) is 1.73. The number of benzene rings is 1. The molecule has 0 saturated heterocycles. The molecule has 0 spiro atoms. The molecular weight excluding hydrogens is 308 g/mol. The number of aromatic nitrogens is 2. The normalized spacial score (nSPS) is 11.9. The van der Waals surface area contributed by atoms with Crippen molar-refractivity contribution in [2.75, 3.05) is 26.1 Å². The zero-order valence-corrected chi connectivity index (χ0v) is 14.5. The van der Waals surface area contributed by atoms with Crippen LogP contribution < -0.4 is 20.5 Å². The summed E-state index contributed by atoms with van der Waals surface area (Å²) >= 11 is 0. The molecule has 0 saturated carbocycles. The molecule has 3 N–H and O–H groups in total. The van der Waals surface area contributed by atoms with Crippen LogP contribution in [0.25, 0.3) is 0 Å². The maximum atomic E-state index is 12.1. The second-order valence-corrected chi connectivity index (χ2v) is 5.65. The summed E-state index contributed by atoms with van der Waals surface area (Å²) in [6.45, 7) is 4.50. The minimum absolute atomic E-state index is 0.116. The molecule has 1 atom stereocenters. The Morgan fingerprint density at radius 2 is 2.04 bits per heavy atom. The van der Waals surface area contributed by atoms with E-state index in [2.05, 4.69) is 10.4 Å². The number of aryl methyl sites for hydroxylation is 1. The number of anilines is 1. The van der Waals surface area contributed by atoms with Crippen molar-refractivity contribution in [2.24, 2.45) is 11.7 Å². The Morgan fingerprint density at radius 1 is 1.33 bits per heavy atom. The molecule has 2 rings (SSSR count). The third kappa shape index (κ3) is 3.86. The highest BCUT2D eigenvalue weighted by Crippen LogP contribution is 2.28. The van der Waals surface area contributed by atoms with Gasteiger partial charge in [-0.05, 0) is 24.6 Å². The standard InChI is InChI=1S/C17H24N4O3/c1-11(8-18)17(22)20-16-12(2)9-19-21(16)10-13-5-6-14(23-3)15(7-13)24-4/h5-7,9,11H,8,10,18H2,1-4H3,(H,20,22). The molecule has 0 bridgehead atoms. The van der Waals surface area contributed by atoms with Crippen molar-refractivity contribution in [3.05, 3.63) is 35.5 Å². The maximum Gasteiger partial charge on any atom is 0.229 e. The van der Waals surface area contributed by atoms with Gasteiger partial charge >= 0.3 is 0 Å². The molecule has 1 aromatic heterocycles. The van der Waals surface area contributed by atoms with Crippen LogP contribution in [-0.2, 0) is 11.3 Å². The van der Waals surface area contributed by atoms with E-state index in [1.54, 1.807) is 32.0 Å². The first-order valence-corrected chi connectivity index (χ1v) is 7.74. The summed E-state index contributed by atoms with van der Waals surface area (Å²) < 4.78 is 12.3. The fourth-order valence-corrected chi connectivity index (χ4v) is 2.26. The summed E-state index contributed by atoms with van der Waals surface area (Å²) in [5.41, 5.74) is 7.43. The van der Waals surface area contributed by atoms with Crippen molar-refractivity contribution >= 4 is 11.7 Å². The van der Waals surface area contributed by atoms with Crippen LogP contribution in [0.15, 0.2) is 24.4 Å². The lowest BCUT2D eigenvalue weighted by Crippen LogP contribution is -2.28. The van der Waals surface area contributed by atoms with E-state index in [0.717, 1.165) is 11.1 Å². The molecule has 1 aromatic carbocycles. The molecule has 0 radical (unpaired) electrons. The second kappa shape index (κ2) is 7.83. The molecule has 0 fully saturated rings. The van der Waals surface area contributed by atoms with Gasteiger partial charge in [-0.25, -0.2) is 4.68 Å². The average Bonchev–Trinajstić information content (AvgIpc) is 2.93. The van der Waals surface area contributed by atoms with Crippen molar-refractivity contribution in [3.63, 3.8) is 0 Å². The first-order valence-electron chi connectivity index (χ1n) is 7.74. The number of nitrogens with zero attached hydrogens (tertiary/aromatic N) is 2. The summed E-state index contributed by atoms with van der Waals surface area (Å²) in [6, 6.07) is 5.68. The van der Waals surface area contributed by atoms with E-state index in [1.165, 1.54) is 0 Å². The number of carbonyl (C=O) groups is 1. The molecule has 0 aliphatic heterocycles. The lowest BCUT2D eigenvalue weighted by atomic mass is 10.1. The van der Waals surface area contributed by atoms with E-state index in [0.29, 0.717) is 30.4 Å². The Morgan fingerprint density at radius 3 is 2.67 bits per heavy atom. The second-order valence-electron chi connectivity index (χ2n) is 5.65. The molecule has 1 heterocycles. The number of nitrogens with two attached hydrogens (primary N) is 1. The third-order valence-electron chi connectivity index (χ3n) is 3.85. The number of nitrogens with one attached hydrogen (secondary N) is 1. The minimum Gasteiger partial charge on any atom is -0.493 e. The lowest BCUT2D eigenvalue weighted by Gasteiger charge is -2.14. The number of methoxy groups -OCH3 is 2. The lowest BCUT2D eigenvalue weighted by molar-refractivity contribution is -0.119. The topological polar surface area (TPSA) is 91.4 Å². The number of amides is 1. The molecular formula is C17H24N4O3. The highest BCUT2D eigenvalue weighted by molar-refractivity contribution is 5.92. The Labute approximate surface area is 141 Å². The van der Waals surface area contributed by atoms with Gasteiger partial charge in [-0.2, -0.15) is 5.10 Å². The van der Waals surface area contributed by atoms with Crippen LogP contribution in [-0.4, -0.2) is 36.5 Å². The molecule has 0 aliphatic rings. The van der Waals surface area contributed by atoms with Crippen LogP contribution in [0.2, 0.25) is 0 Å². The van der Waals surface area contributed by atoms with Crippen molar-refractivity contribution < 1.29 is 14.3 Å². The number of rotatable bonds is 7. The first-order chi connectivity index (χ1) is 11.5. The Kier molecular flexibility index (Phi) is 5.81. The van der Waals surface area contributed by atoms with Gasteiger partial charge in [0, 0.05) is 18.0 Å². The van der Waals surface area contributed by atoms with Gasteiger partial charge < -0.3 is 20.5 Å². The van der Waals surface area contributed by atoms with Crippen LogP contribution in [0, 0.1) is 12.8 Å². The van der Waals surface area contributed by atoms with Crippen LogP contribution in [0.4, 0.5) is 5.82 Å². The van der Waals surface area contributed by atoms with Crippen LogP contribution in [0.5, 0.6) is 11.5 Å². The zero-order chi connectivity index (χ0) is 17.7. The molecule has 2 aromatic rings. The Bertz CT molecular complexity index is 712. The van der Waals surface area contributed by atoms with E-state index in [9.17, 15) is 4.79 Å². The van der Waals surface area contributed by atoms with Crippen LogP contribution in [0.1, 0.15) is 18.1 Å². The highest BCUT2D eigenvalue weighted by Gasteiger charge is 2.16. The third-order valence-corrected chi connectivity index (χ3v) is 3.85. The van der Waals surface area contributed by atoms with E-state index >= 15 is 0 Å². The zero-order valence-electron chi connectivity index (χ0n) is 14.5. The van der Waals surface area contributed by atoms with E-state index in [4.69, 9.17) is 15.2 Å². The number of hydrogen-bond acceptors (Lipinski definition) is 5. The van der Waals surface area contributed by atoms with Gasteiger partial charge in [-0.15, -0.1) is 0 Å². The van der Waals surface area contributed by atoms with E-state index < -0.39 is 0 Å². The first kappa shape index (κ1) is 17.8. The van der Waals surface area contributed by atoms with Crippen LogP contribution >= 0.6 is 0 Å². The maximum absolute atomic E-state index is 12.1. The van der Waals surface area contributed by atoms with Gasteiger partial charge in [0.2, 0.25) is 5.91 Å². The van der Waals surface area contributed by atoms with Crippen molar-refractivity contribution in [1.29, 1.82) is 0 Å². The molecule has 1 unspecified atom stereocenters. The predicted octanol–water partition coefficient (Wildman–Crippen LogP) is 1.79. The summed E-state index contributed by atoms with van der Waals surface area (Å²) in [4.78, 5) is 12.1. The largest absolute Gasteiger partial charge is 0.493 e. The quantitative estimate of drug-likeness (QED) is 0.806. The van der Waals surface area contributed by atoms with Gasteiger partial charge in [0.15, 0.2) is 11.5 Å². The number of hydrogen-bond donors (Lipinski definition) is 2. The molecule has 130 valence electrons. The smallest absolute Gasteiger partial charge is 0.229 e. The molecule has 7 nitrogen and oxygen atoms in total. The van der Waals surface area contributed by atoms with Crippen molar-refractivity contribution in [1.82, 2.24) is 9.78 Å².